The number of rotatable bonds is 9. The first-order valence-corrected chi connectivity index (χ1v) is 5.88. The molecular weight excluding hydrogens is 222 g/mol. The summed E-state index contributed by atoms with van der Waals surface area (Å²) in [5.41, 5.74) is 0.896. The van der Waals surface area contributed by atoms with Gasteiger partial charge in [0, 0.05) is 12.2 Å². The van der Waals surface area contributed by atoms with Crippen LogP contribution in [0.4, 0.5) is 5.69 Å². The third-order valence-corrected chi connectivity index (χ3v) is 2.42. The molecule has 1 aromatic heterocycles. The highest BCUT2D eigenvalue weighted by Gasteiger charge is 2.05. The van der Waals surface area contributed by atoms with Gasteiger partial charge in [0.25, 0.3) is 0 Å². The molecule has 3 N–H and O–H groups in total. The minimum atomic E-state index is 0.0423. The Bertz CT molecular complexity index is 300. The van der Waals surface area contributed by atoms with Crippen molar-refractivity contribution >= 4 is 5.69 Å². The van der Waals surface area contributed by atoms with Crippen LogP contribution in [0, 0.1) is 0 Å². The average Bonchev–Trinajstić information content (AvgIpc) is 2.79. The number of hydrogen-bond donors (Lipinski definition) is 3. The van der Waals surface area contributed by atoms with Gasteiger partial charge in [0.05, 0.1) is 44.9 Å². The van der Waals surface area contributed by atoms with Gasteiger partial charge in [-0.05, 0) is 6.42 Å². The lowest BCUT2D eigenvalue weighted by Crippen LogP contribution is -2.22. The van der Waals surface area contributed by atoms with Crippen LogP contribution in [-0.4, -0.2) is 52.5 Å². The van der Waals surface area contributed by atoms with Crippen molar-refractivity contribution in [1.82, 2.24) is 9.78 Å². The van der Waals surface area contributed by atoms with Crippen LogP contribution < -0.4 is 5.32 Å². The summed E-state index contributed by atoms with van der Waals surface area (Å²) in [5.74, 6) is 0. The highest BCUT2D eigenvalue weighted by molar-refractivity contribution is 5.39. The number of ether oxygens (including phenoxy) is 1. The molecule has 0 fully saturated rings. The summed E-state index contributed by atoms with van der Waals surface area (Å²) < 4.78 is 6.92. The van der Waals surface area contributed by atoms with Gasteiger partial charge in [0.2, 0.25) is 0 Å². The van der Waals surface area contributed by atoms with E-state index < -0.39 is 0 Å². The van der Waals surface area contributed by atoms with Gasteiger partial charge in [-0.2, -0.15) is 5.10 Å². The number of anilines is 1. The van der Waals surface area contributed by atoms with Crippen molar-refractivity contribution in [3.8, 4) is 0 Å². The summed E-state index contributed by atoms with van der Waals surface area (Å²) in [6, 6.07) is 0.0679. The first-order valence-electron chi connectivity index (χ1n) is 5.88. The van der Waals surface area contributed by atoms with Gasteiger partial charge < -0.3 is 20.3 Å². The van der Waals surface area contributed by atoms with Crippen LogP contribution >= 0.6 is 0 Å². The maximum atomic E-state index is 9.06. The van der Waals surface area contributed by atoms with Gasteiger partial charge >= 0.3 is 0 Å². The molecule has 0 aliphatic rings. The molecule has 0 aliphatic heterocycles. The van der Waals surface area contributed by atoms with Crippen molar-refractivity contribution < 1.29 is 14.9 Å². The Morgan fingerprint density at radius 3 is 2.94 bits per heavy atom. The van der Waals surface area contributed by atoms with E-state index in [1.54, 1.807) is 10.9 Å². The third-order valence-electron chi connectivity index (χ3n) is 2.42. The van der Waals surface area contributed by atoms with Gasteiger partial charge in [0.1, 0.15) is 0 Å². The smallest absolute Gasteiger partial charge is 0.0729 e. The zero-order valence-corrected chi connectivity index (χ0v) is 10.2. The summed E-state index contributed by atoms with van der Waals surface area (Å²) in [4.78, 5) is 0. The molecule has 1 rings (SSSR count). The highest BCUT2D eigenvalue weighted by atomic mass is 16.5. The Hall–Kier alpha value is -1.11. The zero-order chi connectivity index (χ0) is 12.5. The lowest BCUT2D eigenvalue weighted by atomic mass is 10.2. The molecule has 1 heterocycles. The molecule has 17 heavy (non-hydrogen) atoms. The second kappa shape index (κ2) is 8.05. The molecule has 0 aliphatic carbocycles. The number of nitrogens with one attached hydrogen (secondary N) is 1. The van der Waals surface area contributed by atoms with Gasteiger partial charge in [-0.25, -0.2) is 0 Å². The van der Waals surface area contributed by atoms with Crippen molar-refractivity contribution in [1.29, 1.82) is 0 Å². The number of aliphatic hydroxyl groups excluding tert-OH is 2. The third kappa shape index (κ3) is 5.16. The molecule has 0 aromatic carbocycles. The Morgan fingerprint density at radius 1 is 1.47 bits per heavy atom. The van der Waals surface area contributed by atoms with E-state index in [1.165, 1.54) is 0 Å². The fourth-order valence-electron chi connectivity index (χ4n) is 1.40. The predicted molar refractivity (Wildman–Crippen MR) is 64.9 cm³/mol. The van der Waals surface area contributed by atoms with E-state index in [9.17, 15) is 0 Å². The predicted octanol–water partition coefficient (Wildman–Crippen LogP) is 0.0748. The van der Waals surface area contributed by atoms with Crippen LogP contribution in [0.2, 0.25) is 0 Å². The minimum absolute atomic E-state index is 0.0423. The summed E-state index contributed by atoms with van der Waals surface area (Å²) >= 11 is 0. The quantitative estimate of drug-likeness (QED) is 0.535. The van der Waals surface area contributed by atoms with E-state index in [0.717, 1.165) is 12.1 Å². The monoisotopic (exact) mass is 243 g/mol. The molecule has 1 atom stereocenters. The molecule has 0 bridgehead atoms. The Balaban J connectivity index is 2.32. The van der Waals surface area contributed by atoms with Crippen molar-refractivity contribution in [3.63, 3.8) is 0 Å². The average molecular weight is 243 g/mol. The molecule has 0 amide bonds. The molecule has 0 saturated carbocycles. The topological polar surface area (TPSA) is 79.5 Å². The standard InChI is InChI=1S/C11H21N3O3/c1-2-10(9-16)13-11-7-12-14(8-11)3-5-17-6-4-15/h7-8,10,13,15-16H,2-6,9H2,1H3. The van der Waals surface area contributed by atoms with Gasteiger partial charge in [0.15, 0.2) is 0 Å². The summed E-state index contributed by atoms with van der Waals surface area (Å²) in [6.45, 7) is 3.70. The molecule has 98 valence electrons. The zero-order valence-electron chi connectivity index (χ0n) is 10.2. The Labute approximate surface area is 101 Å². The van der Waals surface area contributed by atoms with Crippen LogP contribution in [-0.2, 0) is 11.3 Å². The Morgan fingerprint density at radius 2 is 2.29 bits per heavy atom. The molecule has 1 aromatic rings. The SMILES string of the molecule is CCC(CO)Nc1cnn(CCOCCO)c1. The van der Waals surface area contributed by atoms with Crippen molar-refractivity contribution in [2.75, 3.05) is 31.7 Å². The van der Waals surface area contributed by atoms with Crippen LogP contribution in [0.25, 0.3) is 0 Å². The van der Waals surface area contributed by atoms with Gasteiger partial charge in [-0.3, -0.25) is 4.68 Å². The fourth-order valence-corrected chi connectivity index (χ4v) is 1.40. The van der Waals surface area contributed by atoms with E-state index >= 15 is 0 Å². The lowest BCUT2D eigenvalue weighted by Gasteiger charge is -2.12. The van der Waals surface area contributed by atoms with Crippen LogP contribution in [0.1, 0.15) is 13.3 Å². The van der Waals surface area contributed by atoms with E-state index in [1.807, 2.05) is 13.1 Å². The van der Waals surface area contributed by atoms with E-state index in [0.29, 0.717) is 19.8 Å². The Kier molecular flexibility index (Phi) is 6.61. The van der Waals surface area contributed by atoms with Crippen LogP contribution in [0.3, 0.4) is 0 Å². The normalized spacial score (nSPS) is 12.6. The summed E-state index contributed by atoms with van der Waals surface area (Å²) in [7, 11) is 0. The molecule has 6 nitrogen and oxygen atoms in total. The van der Waals surface area contributed by atoms with Gasteiger partial charge in [-0.1, -0.05) is 6.92 Å². The molecule has 0 radical (unpaired) electrons. The molecule has 1 unspecified atom stereocenters. The fraction of sp³-hybridized carbons (Fsp3) is 0.727. The lowest BCUT2D eigenvalue weighted by molar-refractivity contribution is 0.0854. The van der Waals surface area contributed by atoms with E-state index in [2.05, 4.69) is 10.4 Å². The van der Waals surface area contributed by atoms with Crippen LogP contribution in [0.5, 0.6) is 0 Å². The second-order valence-corrected chi connectivity index (χ2v) is 3.76. The van der Waals surface area contributed by atoms with Crippen LogP contribution in [0.15, 0.2) is 12.4 Å². The number of aliphatic hydroxyl groups is 2. The van der Waals surface area contributed by atoms with E-state index in [-0.39, 0.29) is 19.3 Å². The molecule has 6 heteroatoms. The van der Waals surface area contributed by atoms with Crippen molar-refractivity contribution in [2.24, 2.45) is 0 Å². The van der Waals surface area contributed by atoms with Crippen molar-refractivity contribution in [3.05, 3.63) is 12.4 Å². The van der Waals surface area contributed by atoms with E-state index in [4.69, 9.17) is 14.9 Å². The maximum Gasteiger partial charge on any atom is 0.0729 e. The van der Waals surface area contributed by atoms with Crippen molar-refractivity contribution in [2.45, 2.75) is 25.9 Å². The van der Waals surface area contributed by atoms with Gasteiger partial charge in [-0.15, -0.1) is 0 Å². The first-order chi connectivity index (χ1) is 8.30. The molecule has 0 spiro atoms. The largest absolute Gasteiger partial charge is 0.394 e. The maximum absolute atomic E-state index is 9.06. The first kappa shape index (κ1) is 14.0. The molecular formula is C11H21N3O3. The molecule has 0 saturated heterocycles. The second-order valence-electron chi connectivity index (χ2n) is 3.76. The number of nitrogens with zero attached hydrogens (tertiary/aromatic N) is 2. The highest BCUT2D eigenvalue weighted by Crippen LogP contribution is 2.08. The number of hydrogen-bond acceptors (Lipinski definition) is 5. The number of aromatic nitrogens is 2. The minimum Gasteiger partial charge on any atom is -0.394 e. The summed E-state index contributed by atoms with van der Waals surface area (Å²) in [5, 5.41) is 25.0. The summed E-state index contributed by atoms with van der Waals surface area (Å²) in [6.07, 6.45) is 4.46.